The molecule has 0 aromatic heterocycles. The number of benzene rings is 1. The van der Waals surface area contributed by atoms with Crippen molar-refractivity contribution in [2.24, 2.45) is 0 Å². The van der Waals surface area contributed by atoms with E-state index >= 15 is 0 Å². The second-order valence-corrected chi connectivity index (χ2v) is 3.75. The highest BCUT2D eigenvalue weighted by Crippen LogP contribution is 2.12. The molecule has 1 aromatic rings. The Kier molecular flexibility index (Phi) is 5.43. The second kappa shape index (κ2) is 6.90. The molecule has 0 bridgehead atoms. The van der Waals surface area contributed by atoms with Crippen LogP contribution in [0.2, 0.25) is 0 Å². The van der Waals surface area contributed by atoms with E-state index in [-0.39, 0.29) is 0 Å². The largest absolute Gasteiger partial charge is 0.500 e. The van der Waals surface area contributed by atoms with Crippen LogP contribution in [0.15, 0.2) is 30.5 Å². The van der Waals surface area contributed by atoms with E-state index in [9.17, 15) is 0 Å². The van der Waals surface area contributed by atoms with Crippen LogP contribution in [-0.4, -0.2) is 39.3 Å². The fourth-order valence-corrected chi connectivity index (χ4v) is 1.15. The van der Waals surface area contributed by atoms with Gasteiger partial charge in [0.15, 0.2) is 0 Å². The molecule has 0 aliphatic rings. The Morgan fingerprint density at radius 2 is 1.88 bits per heavy atom. The van der Waals surface area contributed by atoms with E-state index in [1.54, 1.807) is 13.4 Å². The molecule has 0 N–H and O–H groups in total. The van der Waals surface area contributed by atoms with Gasteiger partial charge in [0, 0.05) is 6.54 Å². The molecule has 1 rings (SSSR count). The van der Waals surface area contributed by atoms with E-state index < -0.39 is 0 Å². The molecule has 0 saturated carbocycles. The van der Waals surface area contributed by atoms with Crippen molar-refractivity contribution in [3.05, 3.63) is 36.1 Å². The zero-order valence-corrected chi connectivity index (χ0v) is 10.1. The minimum absolute atomic E-state index is 0.708. The highest BCUT2D eigenvalue weighted by atomic mass is 16.5. The fraction of sp³-hybridized carbons (Fsp3) is 0.385. The van der Waals surface area contributed by atoms with Gasteiger partial charge in [-0.15, -0.1) is 0 Å². The molecule has 0 atom stereocenters. The van der Waals surface area contributed by atoms with Crippen molar-refractivity contribution in [2.75, 3.05) is 34.4 Å². The van der Waals surface area contributed by atoms with Crippen LogP contribution >= 0.6 is 0 Å². The molecule has 1 aromatic carbocycles. The molecule has 16 heavy (non-hydrogen) atoms. The summed E-state index contributed by atoms with van der Waals surface area (Å²) in [7, 11) is 5.71. The van der Waals surface area contributed by atoms with E-state index in [0.717, 1.165) is 17.9 Å². The van der Waals surface area contributed by atoms with Gasteiger partial charge < -0.3 is 14.4 Å². The molecule has 0 radical (unpaired) electrons. The minimum atomic E-state index is 0.708. The van der Waals surface area contributed by atoms with E-state index in [0.29, 0.717) is 6.61 Å². The van der Waals surface area contributed by atoms with Gasteiger partial charge in [0.1, 0.15) is 5.75 Å². The first-order valence-corrected chi connectivity index (χ1v) is 5.29. The van der Waals surface area contributed by atoms with Gasteiger partial charge in [-0.25, -0.2) is 0 Å². The predicted octanol–water partition coefficient (Wildman–Crippen LogP) is 2.24. The van der Waals surface area contributed by atoms with Gasteiger partial charge in [-0.3, -0.25) is 0 Å². The summed E-state index contributed by atoms with van der Waals surface area (Å²) in [5, 5.41) is 0. The molecule has 0 spiro atoms. The molecule has 3 nitrogen and oxygen atoms in total. The monoisotopic (exact) mass is 221 g/mol. The van der Waals surface area contributed by atoms with Crippen molar-refractivity contribution in [2.45, 2.75) is 0 Å². The fourth-order valence-electron chi connectivity index (χ4n) is 1.15. The van der Waals surface area contributed by atoms with Crippen LogP contribution in [0.3, 0.4) is 0 Å². The maximum absolute atomic E-state index is 5.35. The van der Waals surface area contributed by atoms with Crippen molar-refractivity contribution in [1.29, 1.82) is 0 Å². The Hall–Kier alpha value is -1.48. The SMILES string of the molecule is COc1ccc(/C=C/OCCN(C)C)cc1. The molecule has 0 saturated heterocycles. The second-order valence-electron chi connectivity index (χ2n) is 3.75. The summed E-state index contributed by atoms with van der Waals surface area (Å²) >= 11 is 0. The molecule has 0 aliphatic carbocycles. The normalized spacial score (nSPS) is 11.0. The van der Waals surface area contributed by atoms with Gasteiger partial charge in [0.25, 0.3) is 0 Å². The summed E-state index contributed by atoms with van der Waals surface area (Å²) in [4.78, 5) is 2.08. The van der Waals surface area contributed by atoms with E-state index in [1.807, 2.05) is 44.4 Å². The lowest BCUT2D eigenvalue weighted by molar-refractivity contribution is 0.214. The maximum Gasteiger partial charge on any atom is 0.118 e. The lowest BCUT2D eigenvalue weighted by Crippen LogP contribution is -2.16. The molecule has 0 unspecified atom stereocenters. The van der Waals surface area contributed by atoms with Gasteiger partial charge >= 0.3 is 0 Å². The molecule has 3 heteroatoms. The van der Waals surface area contributed by atoms with Crippen molar-refractivity contribution in [1.82, 2.24) is 4.90 Å². The summed E-state index contributed by atoms with van der Waals surface area (Å²) in [6.45, 7) is 1.63. The van der Waals surface area contributed by atoms with Crippen LogP contribution in [0.25, 0.3) is 6.08 Å². The standard InChI is InChI=1S/C13H19NO2/c1-14(2)9-11-16-10-8-12-4-6-13(15-3)7-5-12/h4-8,10H,9,11H2,1-3H3/b10-8+. The highest BCUT2D eigenvalue weighted by Gasteiger charge is 1.90. The third-order valence-corrected chi connectivity index (χ3v) is 2.13. The quantitative estimate of drug-likeness (QED) is 0.543. The molecule has 0 amide bonds. The Bertz CT molecular complexity index is 317. The van der Waals surface area contributed by atoms with Gasteiger partial charge in [-0.05, 0) is 37.9 Å². The van der Waals surface area contributed by atoms with Crippen LogP contribution in [-0.2, 0) is 4.74 Å². The van der Waals surface area contributed by atoms with Gasteiger partial charge in [0.2, 0.25) is 0 Å². The van der Waals surface area contributed by atoms with Crippen LogP contribution < -0.4 is 4.74 Å². The Balaban J connectivity index is 2.32. The van der Waals surface area contributed by atoms with E-state index in [2.05, 4.69) is 4.90 Å². The number of rotatable bonds is 6. The first kappa shape index (κ1) is 12.6. The summed E-state index contributed by atoms with van der Waals surface area (Å²) in [5.74, 6) is 0.866. The lowest BCUT2D eigenvalue weighted by Gasteiger charge is -2.07. The van der Waals surface area contributed by atoms with Gasteiger partial charge in [-0.1, -0.05) is 12.1 Å². The van der Waals surface area contributed by atoms with Crippen molar-refractivity contribution in [3.8, 4) is 5.75 Å². The Labute approximate surface area is 97.3 Å². The molecular weight excluding hydrogens is 202 g/mol. The zero-order chi connectivity index (χ0) is 11.8. The molecule has 88 valence electrons. The van der Waals surface area contributed by atoms with Crippen molar-refractivity contribution in [3.63, 3.8) is 0 Å². The summed E-state index contributed by atoms with van der Waals surface area (Å²) < 4.78 is 10.4. The zero-order valence-electron chi connectivity index (χ0n) is 10.1. The molecule has 0 heterocycles. The predicted molar refractivity (Wildman–Crippen MR) is 66.5 cm³/mol. The summed E-state index contributed by atoms with van der Waals surface area (Å²) in [6.07, 6.45) is 3.67. The number of likely N-dealkylation sites (N-methyl/N-ethyl adjacent to an activating group) is 1. The average Bonchev–Trinajstić information content (AvgIpc) is 2.29. The molecule has 0 aliphatic heterocycles. The average molecular weight is 221 g/mol. The summed E-state index contributed by atoms with van der Waals surface area (Å²) in [5.41, 5.74) is 1.10. The number of ether oxygens (including phenoxy) is 2. The number of hydrogen-bond donors (Lipinski definition) is 0. The van der Waals surface area contributed by atoms with Gasteiger partial charge in [0.05, 0.1) is 20.0 Å². The van der Waals surface area contributed by atoms with E-state index in [4.69, 9.17) is 9.47 Å². The number of hydrogen-bond acceptors (Lipinski definition) is 3. The van der Waals surface area contributed by atoms with Crippen molar-refractivity contribution >= 4 is 6.08 Å². The Morgan fingerprint density at radius 3 is 2.44 bits per heavy atom. The third kappa shape index (κ3) is 4.84. The molecule has 0 fully saturated rings. The highest BCUT2D eigenvalue weighted by molar-refractivity contribution is 5.49. The van der Waals surface area contributed by atoms with Crippen LogP contribution in [0.1, 0.15) is 5.56 Å². The lowest BCUT2D eigenvalue weighted by atomic mass is 10.2. The van der Waals surface area contributed by atoms with Crippen molar-refractivity contribution < 1.29 is 9.47 Å². The Morgan fingerprint density at radius 1 is 1.19 bits per heavy atom. The van der Waals surface area contributed by atoms with Gasteiger partial charge in [-0.2, -0.15) is 0 Å². The number of nitrogens with zero attached hydrogens (tertiary/aromatic N) is 1. The van der Waals surface area contributed by atoms with Crippen LogP contribution in [0.4, 0.5) is 0 Å². The first-order valence-electron chi connectivity index (χ1n) is 5.29. The summed E-state index contributed by atoms with van der Waals surface area (Å²) in [6, 6.07) is 7.84. The van der Waals surface area contributed by atoms with Crippen LogP contribution in [0, 0.1) is 0 Å². The maximum atomic E-state index is 5.35. The van der Waals surface area contributed by atoms with Crippen LogP contribution in [0.5, 0.6) is 5.75 Å². The molecular formula is C13H19NO2. The van der Waals surface area contributed by atoms with E-state index in [1.165, 1.54) is 0 Å². The number of methoxy groups -OCH3 is 1. The smallest absolute Gasteiger partial charge is 0.118 e. The first-order chi connectivity index (χ1) is 7.72. The topological polar surface area (TPSA) is 21.7 Å². The minimum Gasteiger partial charge on any atom is -0.500 e. The third-order valence-electron chi connectivity index (χ3n) is 2.13.